The van der Waals surface area contributed by atoms with Crippen LogP contribution in [-0.2, 0) is 0 Å². The summed E-state index contributed by atoms with van der Waals surface area (Å²) in [6.45, 7) is 0. The van der Waals surface area contributed by atoms with Gasteiger partial charge in [0.25, 0.3) is 0 Å². The second-order valence-corrected chi connectivity index (χ2v) is 8.82. The summed E-state index contributed by atoms with van der Waals surface area (Å²) >= 11 is 0. The highest BCUT2D eigenvalue weighted by molar-refractivity contribution is 5.93. The van der Waals surface area contributed by atoms with Crippen LogP contribution in [0.15, 0.2) is 128 Å². The molecule has 0 saturated heterocycles. The molecule has 0 bridgehead atoms. The Labute approximate surface area is 218 Å². The van der Waals surface area contributed by atoms with E-state index < -0.39 is 0 Å². The van der Waals surface area contributed by atoms with Gasteiger partial charge in [0.1, 0.15) is 22.7 Å². The van der Waals surface area contributed by atoms with Crippen LogP contribution in [0.2, 0.25) is 0 Å². The van der Waals surface area contributed by atoms with E-state index in [2.05, 4.69) is 0 Å². The van der Waals surface area contributed by atoms with Crippen LogP contribution in [0.4, 0.5) is 0 Å². The summed E-state index contributed by atoms with van der Waals surface area (Å²) in [4.78, 5) is 28.0. The lowest BCUT2D eigenvalue weighted by Crippen LogP contribution is -2.16. The molecular weight excluding hydrogens is 472 g/mol. The third kappa shape index (κ3) is 4.40. The molecule has 6 aromatic rings. The number of para-hydroxylation sites is 2. The first kappa shape index (κ1) is 23.2. The van der Waals surface area contributed by atoms with Crippen LogP contribution in [-0.4, -0.2) is 0 Å². The highest BCUT2D eigenvalue weighted by Gasteiger charge is 2.23. The Hall–Kier alpha value is -5.22. The van der Waals surface area contributed by atoms with Crippen molar-refractivity contribution >= 4 is 46.2 Å². The molecule has 0 radical (unpaired) electrons. The summed E-state index contributed by atoms with van der Waals surface area (Å²) < 4.78 is 12.5. The fraction of sp³-hybridized carbons (Fsp3) is 0. The molecule has 0 aliphatic carbocycles. The molecule has 0 spiro atoms. The van der Waals surface area contributed by atoms with Gasteiger partial charge in [-0.15, -0.1) is 0 Å². The van der Waals surface area contributed by atoms with Crippen LogP contribution in [0.5, 0.6) is 0 Å². The fourth-order valence-corrected chi connectivity index (χ4v) is 4.50. The molecule has 4 heteroatoms. The zero-order valence-electron chi connectivity index (χ0n) is 20.3. The summed E-state index contributed by atoms with van der Waals surface area (Å²) in [6.07, 6.45) is 7.19. The summed E-state index contributed by atoms with van der Waals surface area (Å²) in [6, 6.07) is 33.5. The van der Waals surface area contributed by atoms with Crippen molar-refractivity contribution in [3.8, 4) is 11.1 Å². The van der Waals surface area contributed by atoms with E-state index in [1.54, 1.807) is 48.6 Å². The Morgan fingerprint density at radius 1 is 0.421 bits per heavy atom. The van der Waals surface area contributed by atoms with Crippen LogP contribution in [0.1, 0.15) is 22.6 Å². The molecule has 2 aromatic heterocycles. The quantitative estimate of drug-likeness (QED) is 0.244. The van der Waals surface area contributed by atoms with Gasteiger partial charge in [0.05, 0.1) is 21.9 Å². The zero-order chi connectivity index (χ0) is 25.9. The van der Waals surface area contributed by atoms with Gasteiger partial charge >= 0.3 is 0 Å². The predicted octanol–water partition coefficient (Wildman–Crippen LogP) is 7.91. The summed E-state index contributed by atoms with van der Waals surface area (Å²) in [5, 5.41) is 0.787. The second-order valence-electron chi connectivity index (χ2n) is 8.82. The molecule has 2 heterocycles. The minimum absolute atomic E-state index is 0.170. The highest BCUT2D eigenvalue weighted by atomic mass is 16.3. The largest absolute Gasteiger partial charge is 0.456 e. The fourth-order valence-electron chi connectivity index (χ4n) is 4.50. The van der Waals surface area contributed by atoms with Crippen molar-refractivity contribution < 1.29 is 8.83 Å². The number of hydrogen-bond donors (Lipinski definition) is 0. The average molecular weight is 495 g/mol. The van der Waals surface area contributed by atoms with E-state index >= 15 is 0 Å². The van der Waals surface area contributed by atoms with Crippen LogP contribution in [0, 0.1) is 0 Å². The number of rotatable bonds is 5. The van der Waals surface area contributed by atoms with Gasteiger partial charge in [-0.05, 0) is 47.5 Å². The molecule has 0 aliphatic rings. The molecule has 0 aliphatic heterocycles. The Balaban J connectivity index is 1.67. The molecule has 4 nitrogen and oxygen atoms in total. The van der Waals surface area contributed by atoms with Crippen LogP contribution in [0.25, 0.3) is 57.4 Å². The molecule has 4 aromatic carbocycles. The third-order valence-electron chi connectivity index (χ3n) is 6.35. The molecule has 0 saturated carbocycles. The van der Waals surface area contributed by atoms with Gasteiger partial charge in [0.2, 0.25) is 10.9 Å². The van der Waals surface area contributed by atoms with Gasteiger partial charge in [0.15, 0.2) is 0 Å². The molecule has 0 unspecified atom stereocenters. The minimum Gasteiger partial charge on any atom is -0.456 e. The lowest BCUT2D eigenvalue weighted by atomic mass is 9.98. The standard InChI is InChI=1S/C34H22O4/c35-33-25-15-7-9-17-27(25)37-29(21-19-23-11-3-1-4-12-23)31(33)32-30(22-20-24-13-5-2-6-14-24)38-28-18-10-8-16-26(28)34(32)36/h1-22H/b21-19+,22-20+. The summed E-state index contributed by atoms with van der Waals surface area (Å²) in [5.41, 5.74) is 2.51. The van der Waals surface area contributed by atoms with Crippen LogP contribution < -0.4 is 10.9 Å². The molecule has 0 amide bonds. The lowest BCUT2D eigenvalue weighted by molar-refractivity contribution is 0.584. The minimum atomic E-state index is -0.295. The SMILES string of the molecule is O=c1c(-c2c(/C=C/c3ccccc3)oc3ccccc3c2=O)c(/C=C/c2ccccc2)oc2ccccc12. The van der Waals surface area contributed by atoms with E-state index in [9.17, 15) is 9.59 Å². The summed E-state index contributed by atoms with van der Waals surface area (Å²) in [7, 11) is 0. The van der Waals surface area contributed by atoms with Crippen molar-refractivity contribution in [2.45, 2.75) is 0 Å². The van der Waals surface area contributed by atoms with Gasteiger partial charge in [0, 0.05) is 0 Å². The molecule has 38 heavy (non-hydrogen) atoms. The summed E-state index contributed by atoms with van der Waals surface area (Å²) in [5.74, 6) is 0.573. The monoisotopic (exact) mass is 494 g/mol. The number of benzene rings is 4. The van der Waals surface area contributed by atoms with Gasteiger partial charge in [-0.2, -0.15) is 0 Å². The maximum Gasteiger partial charge on any atom is 0.201 e. The van der Waals surface area contributed by atoms with Gasteiger partial charge in [-0.3, -0.25) is 9.59 Å². The molecule has 6 rings (SSSR count). The van der Waals surface area contributed by atoms with E-state index in [0.717, 1.165) is 11.1 Å². The normalized spacial score (nSPS) is 11.7. The van der Waals surface area contributed by atoms with Crippen molar-refractivity contribution in [3.63, 3.8) is 0 Å². The van der Waals surface area contributed by atoms with Crippen molar-refractivity contribution in [1.29, 1.82) is 0 Å². The first-order valence-corrected chi connectivity index (χ1v) is 12.3. The van der Waals surface area contributed by atoms with E-state index in [1.165, 1.54) is 0 Å². The smallest absolute Gasteiger partial charge is 0.201 e. The molecular formula is C34H22O4. The molecule has 0 N–H and O–H groups in total. The maximum atomic E-state index is 14.0. The van der Waals surface area contributed by atoms with E-state index in [0.29, 0.717) is 21.9 Å². The Bertz CT molecular complexity index is 1800. The Morgan fingerprint density at radius 3 is 1.21 bits per heavy atom. The molecule has 182 valence electrons. The molecule has 0 atom stereocenters. The average Bonchev–Trinajstić information content (AvgIpc) is 2.97. The van der Waals surface area contributed by atoms with Crippen molar-refractivity contribution in [2.24, 2.45) is 0 Å². The van der Waals surface area contributed by atoms with E-state index in [-0.39, 0.29) is 33.5 Å². The maximum absolute atomic E-state index is 14.0. The predicted molar refractivity (Wildman–Crippen MR) is 155 cm³/mol. The van der Waals surface area contributed by atoms with E-state index in [4.69, 9.17) is 8.83 Å². The number of hydrogen-bond acceptors (Lipinski definition) is 4. The topological polar surface area (TPSA) is 60.4 Å². The van der Waals surface area contributed by atoms with E-state index in [1.807, 2.05) is 84.9 Å². The second kappa shape index (κ2) is 10.0. The Morgan fingerprint density at radius 2 is 0.789 bits per heavy atom. The Kier molecular flexibility index (Phi) is 6.12. The third-order valence-corrected chi connectivity index (χ3v) is 6.35. The molecule has 0 fully saturated rings. The van der Waals surface area contributed by atoms with Gasteiger partial charge < -0.3 is 8.83 Å². The zero-order valence-corrected chi connectivity index (χ0v) is 20.3. The van der Waals surface area contributed by atoms with Gasteiger partial charge in [-0.1, -0.05) is 97.1 Å². The first-order valence-electron chi connectivity index (χ1n) is 12.3. The van der Waals surface area contributed by atoms with Gasteiger partial charge in [-0.25, -0.2) is 0 Å². The van der Waals surface area contributed by atoms with Crippen molar-refractivity contribution in [2.75, 3.05) is 0 Å². The highest BCUT2D eigenvalue weighted by Crippen LogP contribution is 2.30. The van der Waals surface area contributed by atoms with Crippen molar-refractivity contribution in [3.05, 3.63) is 152 Å². The lowest BCUT2D eigenvalue weighted by Gasteiger charge is -2.11. The van der Waals surface area contributed by atoms with Crippen LogP contribution >= 0.6 is 0 Å². The first-order chi connectivity index (χ1) is 18.7. The number of fused-ring (bicyclic) bond motifs is 2. The van der Waals surface area contributed by atoms with Crippen molar-refractivity contribution in [1.82, 2.24) is 0 Å². The van der Waals surface area contributed by atoms with Crippen LogP contribution in [0.3, 0.4) is 0 Å².